The van der Waals surface area contributed by atoms with Gasteiger partial charge in [-0.1, -0.05) is 24.3 Å². The highest BCUT2D eigenvalue weighted by Crippen LogP contribution is 2.26. The van der Waals surface area contributed by atoms with E-state index in [4.69, 9.17) is 9.47 Å². The molecule has 1 aromatic rings. The van der Waals surface area contributed by atoms with E-state index < -0.39 is 0 Å². The summed E-state index contributed by atoms with van der Waals surface area (Å²) in [5, 5.41) is 0. The summed E-state index contributed by atoms with van der Waals surface area (Å²) in [5.41, 5.74) is 4.19. The van der Waals surface area contributed by atoms with Crippen molar-refractivity contribution in [1.29, 1.82) is 0 Å². The molecule has 4 heteroatoms. The molecule has 1 saturated heterocycles. The molecule has 1 aliphatic carbocycles. The average molecular weight is 271 g/mol. The SMILES string of the molecule is CC1=C(C)C(=NCC2OCCO2)c2ccccc2C1=O. The molecule has 20 heavy (non-hydrogen) atoms. The van der Waals surface area contributed by atoms with Crippen LogP contribution in [0.15, 0.2) is 40.4 Å². The molecule has 0 spiro atoms. The Morgan fingerprint density at radius 1 is 1.10 bits per heavy atom. The maximum Gasteiger partial charge on any atom is 0.189 e. The summed E-state index contributed by atoms with van der Waals surface area (Å²) in [6.45, 7) is 5.50. The number of rotatable bonds is 2. The largest absolute Gasteiger partial charge is 0.348 e. The summed E-state index contributed by atoms with van der Waals surface area (Å²) in [4.78, 5) is 16.9. The highest BCUT2D eigenvalue weighted by Gasteiger charge is 2.26. The van der Waals surface area contributed by atoms with Gasteiger partial charge in [0.2, 0.25) is 0 Å². The molecule has 1 aliphatic heterocycles. The third kappa shape index (κ3) is 2.21. The normalized spacial score (nSPS) is 21.7. The van der Waals surface area contributed by atoms with Crippen LogP contribution in [0, 0.1) is 0 Å². The molecular weight excluding hydrogens is 254 g/mol. The van der Waals surface area contributed by atoms with Crippen LogP contribution in [-0.4, -0.2) is 37.5 Å². The number of hydrogen-bond donors (Lipinski definition) is 0. The molecule has 0 saturated carbocycles. The first-order valence-corrected chi connectivity index (χ1v) is 6.78. The van der Waals surface area contributed by atoms with Crippen LogP contribution in [0.25, 0.3) is 0 Å². The van der Waals surface area contributed by atoms with Gasteiger partial charge in [-0.2, -0.15) is 0 Å². The molecule has 0 bridgehead atoms. The molecule has 0 amide bonds. The number of Topliss-reactive ketones (excluding diaryl/α,β-unsaturated/α-hetero) is 1. The molecule has 0 radical (unpaired) electrons. The fraction of sp³-hybridized carbons (Fsp3) is 0.375. The van der Waals surface area contributed by atoms with E-state index in [0.717, 1.165) is 28.0 Å². The second-order valence-electron chi connectivity index (χ2n) is 4.99. The third-order valence-corrected chi connectivity index (χ3v) is 3.77. The number of fused-ring (bicyclic) bond motifs is 1. The van der Waals surface area contributed by atoms with Crippen LogP contribution < -0.4 is 0 Å². The number of aliphatic imine (C=N–C) groups is 1. The lowest BCUT2D eigenvalue weighted by atomic mass is 9.85. The van der Waals surface area contributed by atoms with E-state index in [1.165, 1.54) is 0 Å². The Hall–Kier alpha value is -1.78. The maximum absolute atomic E-state index is 12.3. The van der Waals surface area contributed by atoms with E-state index in [2.05, 4.69) is 4.99 Å². The van der Waals surface area contributed by atoms with Gasteiger partial charge in [-0.3, -0.25) is 9.79 Å². The molecule has 3 rings (SSSR count). The highest BCUT2D eigenvalue weighted by atomic mass is 16.7. The monoisotopic (exact) mass is 271 g/mol. The number of hydrogen-bond acceptors (Lipinski definition) is 4. The Morgan fingerprint density at radius 2 is 1.75 bits per heavy atom. The van der Waals surface area contributed by atoms with E-state index in [9.17, 15) is 4.79 Å². The van der Waals surface area contributed by atoms with Gasteiger partial charge in [-0.25, -0.2) is 0 Å². The van der Waals surface area contributed by atoms with Crippen molar-refractivity contribution in [2.45, 2.75) is 20.1 Å². The number of allylic oxidation sites excluding steroid dienone is 2. The molecule has 0 atom stereocenters. The van der Waals surface area contributed by atoms with Crippen molar-refractivity contribution in [2.24, 2.45) is 4.99 Å². The summed E-state index contributed by atoms with van der Waals surface area (Å²) < 4.78 is 10.8. The minimum absolute atomic E-state index is 0.0883. The number of benzene rings is 1. The molecule has 0 unspecified atom stereocenters. The first kappa shape index (κ1) is 13.2. The van der Waals surface area contributed by atoms with Crippen LogP contribution in [0.5, 0.6) is 0 Å². The summed E-state index contributed by atoms with van der Waals surface area (Å²) in [5.74, 6) is 0.0883. The van der Waals surface area contributed by atoms with Crippen LogP contribution >= 0.6 is 0 Å². The minimum Gasteiger partial charge on any atom is -0.348 e. The maximum atomic E-state index is 12.3. The quantitative estimate of drug-likeness (QED) is 0.829. The van der Waals surface area contributed by atoms with Gasteiger partial charge in [-0.05, 0) is 19.4 Å². The van der Waals surface area contributed by atoms with Crippen molar-refractivity contribution in [3.8, 4) is 0 Å². The molecule has 2 aliphatic rings. The van der Waals surface area contributed by atoms with Gasteiger partial charge in [0, 0.05) is 16.7 Å². The number of ketones is 1. The minimum atomic E-state index is -0.264. The van der Waals surface area contributed by atoms with Gasteiger partial charge >= 0.3 is 0 Å². The molecule has 0 aromatic heterocycles. The summed E-state index contributed by atoms with van der Waals surface area (Å²) in [7, 11) is 0. The Bertz CT molecular complexity index is 610. The number of ether oxygens (including phenoxy) is 2. The molecule has 0 N–H and O–H groups in total. The van der Waals surface area contributed by atoms with Gasteiger partial charge in [0.05, 0.1) is 25.5 Å². The zero-order valence-corrected chi connectivity index (χ0v) is 11.7. The van der Waals surface area contributed by atoms with Crippen molar-refractivity contribution in [2.75, 3.05) is 19.8 Å². The van der Waals surface area contributed by atoms with Crippen LogP contribution in [0.1, 0.15) is 29.8 Å². The number of carbonyl (C=O) groups is 1. The van der Waals surface area contributed by atoms with Crippen molar-refractivity contribution < 1.29 is 14.3 Å². The molecule has 1 aromatic carbocycles. The summed E-state index contributed by atoms with van der Waals surface area (Å²) >= 11 is 0. The van der Waals surface area contributed by atoms with Crippen molar-refractivity contribution in [1.82, 2.24) is 0 Å². The van der Waals surface area contributed by atoms with Gasteiger partial charge in [0.25, 0.3) is 0 Å². The van der Waals surface area contributed by atoms with Crippen LogP contribution in [-0.2, 0) is 9.47 Å². The molecule has 104 valence electrons. The smallest absolute Gasteiger partial charge is 0.189 e. The molecule has 1 fully saturated rings. The predicted molar refractivity (Wildman–Crippen MR) is 76.2 cm³/mol. The molecule has 4 nitrogen and oxygen atoms in total. The number of nitrogens with zero attached hydrogens (tertiary/aromatic N) is 1. The van der Waals surface area contributed by atoms with E-state index in [0.29, 0.717) is 19.8 Å². The van der Waals surface area contributed by atoms with E-state index in [1.54, 1.807) is 0 Å². The van der Waals surface area contributed by atoms with Crippen LogP contribution in [0.3, 0.4) is 0 Å². The first-order valence-electron chi connectivity index (χ1n) is 6.78. The van der Waals surface area contributed by atoms with Crippen molar-refractivity contribution in [3.63, 3.8) is 0 Å². The van der Waals surface area contributed by atoms with Crippen LogP contribution in [0.2, 0.25) is 0 Å². The van der Waals surface area contributed by atoms with Gasteiger partial charge in [-0.15, -0.1) is 0 Å². The van der Waals surface area contributed by atoms with Crippen LogP contribution in [0.4, 0.5) is 0 Å². The standard InChI is InChI=1S/C16H17NO3/c1-10-11(2)16(18)13-6-4-3-5-12(13)15(10)17-9-14-19-7-8-20-14/h3-6,14H,7-9H2,1-2H3. The van der Waals surface area contributed by atoms with E-state index in [-0.39, 0.29) is 12.1 Å². The second-order valence-corrected chi connectivity index (χ2v) is 4.99. The predicted octanol–water partition coefficient (Wildman–Crippen LogP) is 2.38. The first-order chi connectivity index (χ1) is 9.68. The second kappa shape index (κ2) is 5.31. The fourth-order valence-corrected chi connectivity index (χ4v) is 2.52. The summed E-state index contributed by atoms with van der Waals surface area (Å²) in [6, 6.07) is 7.60. The van der Waals surface area contributed by atoms with Gasteiger partial charge in [0.1, 0.15) is 0 Å². The fourth-order valence-electron chi connectivity index (χ4n) is 2.52. The Kier molecular flexibility index (Phi) is 3.51. The number of carbonyl (C=O) groups excluding carboxylic acids is 1. The zero-order chi connectivity index (χ0) is 14.1. The molecular formula is C16H17NO3. The summed E-state index contributed by atoms with van der Waals surface area (Å²) in [6.07, 6.45) is -0.264. The van der Waals surface area contributed by atoms with E-state index >= 15 is 0 Å². The lowest BCUT2D eigenvalue weighted by Gasteiger charge is -2.20. The van der Waals surface area contributed by atoms with Crippen molar-refractivity contribution in [3.05, 3.63) is 46.5 Å². The lowest BCUT2D eigenvalue weighted by Crippen LogP contribution is -2.22. The average Bonchev–Trinajstić information content (AvgIpc) is 2.98. The Labute approximate surface area is 118 Å². The third-order valence-electron chi connectivity index (χ3n) is 3.77. The van der Waals surface area contributed by atoms with E-state index in [1.807, 2.05) is 38.1 Å². The highest BCUT2D eigenvalue weighted by molar-refractivity contribution is 6.28. The Balaban J connectivity index is 1.99. The molecule has 1 heterocycles. The topological polar surface area (TPSA) is 47.9 Å². The van der Waals surface area contributed by atoms with Gasteiger partial charge < -0.3 is 9.47 Å². The zero-order valence-electron chi connectivity index (χ0n) is 11.7. The van der Waals surface area contributed by atoms with Crippen molar-refractivity contribution >= 4 is 11.5 Å². The lowest BCUT2D eigenvalue weighted by molar-refractivity contribution is -0.0326. The Morgan fingerprint density at radius 3 is 2.45 bits per heavy atom. The van der Waals surface area contributed by atoms with Gasteiger partial charge in [0.15, 0.2) is 12.1 Å².